The monoisotopic (exact) mass is 362 g/mol. The van der Waals surface area contributed by atoms with Gasteiger partial charge in [0.1, 0.15) is 6.10 Å². The van der Waals surface area contributed by atoms with Crippen molar-refractivity contribution in [3.05, 3.63) is 23.3 Å². The van der Waals surface area contributed by atoms with Gasteiger partial charge in [0.25, 0.3) is 0 Å². The summed E-state index contributed by atoms with van der Waals surface area (Å²) < 4.78 is 5.47. The van der Waals surface area contributed by atoms with Crippen molar-refractivity contribution in [1.29, 1.82) is 0 Å². The molecule has 2 rings (SSSR count). The van der Waals surface area contributed by atoms with Gasteiger partial charge in [0, 0.05) is 25.7 Å². The topological polar surface area (TPSA) is 63.6 Å². The number of aliphatic hydroxyl groups is 1. The van der Waals surface area contributed by atoms with Crippen molar-refractivity contribution in [2.24, 2.45) is 17.3 Å². The maximum atomic E-state index is 12.8. The molecule has 1 fully saturated rings. The summed E-state index contributed by atoms with van der Waals surface area (Å²) in [6.07, 6.45) is 6.97. The van der Waals surface area contributed by atoms with Crippen LogP contribution in [-0.2, 0) is 14.3 Å². The average molecular weight is 363 g/mol. The van der Waals surface area contributed by atoms with E-state index >= 15 is 0 Å². The van der Waals surface area contributed by atoms with E-state index < -0.39 is 5.60 Å². The Hall–Kier alpha value is -1.42. The number of fused-ring (bicyclic) bond motifs is 1. The van der Waals surface area contributed by atoms with Crippen LogP contribution in [0.1, 0.15) is 73.6 Å². The molecule has 1 N–H and O–H groups in total. The van der Waals surface area contributed by atoms with Crippen molar-refractivity contribution in [1.82, 2.24) is 0 Å². The van der Waals surface area contributed by atoms with Gasteiger partial charge in [-0.2, -0.15) is 0 Å². The smallest absolute Gasteiger partial charge is 0.303 e. The van der Waals surface area contributed by atoms with Gasteiger partial charge < -0.3 is 9.84 Å². The van der Waals surface area contributed by atoms with Crippen LogP contribution >= 0.6 is 0 Å². The molecule has 0 amide bonds. The number of allylic oxidation sites excluding steroid dienone is 2. The molecule has 2 aliphatic rings. The van der Waals surface area contributed by atoms with E-state index in [1.54, 1.807) is 0 Å². The molecule has 0 saturated heterocycles. The zero-order chi connectivity index (χ0) is 19.7. The zero-order valence-electron chi connectivity index (χ0n) is 17.1. The van der Waals surface area contributed by atoms with Crippen LogP contribution in [0.5, 0.6) is 0 Å². The number of hydrogen-bond acceptors (Lipinski definition) is 4. The first-order valence-electron chi connectivity index (χ1n) is 9.76. The fourth-order valence-electron chi connectivity index (χ4n) is 4.59. The van der Waals surface area contributed by atoms with Crippen LogP contribution in [0.3, 0.4) is 0 Å². The average Bonchev–Trinajstić information content (AvgIpc) is 2.81. The van der Waals surface area contributed by atoms with E-state index in [-0.39, 0.29) is 35.1 Å². The molecule has 4 atom stereocenters. The SMILES string of the molecule is CC(=O)O[C@H]1C/C=C(/C)C(=O)C[C@@H]2[C@@](C)(CC=C1C)CC[C@@]2(O)C(C)C. The highest BCUT2D eigenvalue weighted by Gasteiger charge is 2.55. The van der Waals surface area contributed by atoms with Gasteiger partial charge in [-0.05, 0) is 55.6 Å². The first-order valence-corrected chi connectivity index (χ1v) is 9.76. The predicted molar refractivity (Wildman–Crippen MR) is 103 cm³/mol. The molecule has 0 aromatic heterocycles. The highest BCUT2D eigenvalue weighted by molar-refractivity contribution is 5.95. The minimum Gasteiger partial charge on any atom is -0.458 e. The third-order valence-electron chi connectivity index (χ3n) is 6.71. The summed E-state index contributed by atoms with van der Waals surface area (Å²) in [5.41, 5.74) is 0.757. The van der Waals surface area contributed by atoms with E-state index in [1.165, 1.54) is 6.92 Å². The quantitative estimate of drug-likeness (QED) is 0.585. The minimum atomic E-state index is -0.810. The van der Waals surface area contributed by atoms with E-state index in [0.717, 1.165) is 24.8 Å². The van der Waals surface area contributed by atoms with Crippen LogP contribution < -0.4 is 0 Å². The Labute approximate surface area is 157 Å². The number of hydrogen-bond donors (Lipinski definition) is 1. The maximum Gasteiger partial charge on any atom is 0.303 e. The Morgan fingerprint density at radius 1 is 1.27 bits per heavy atom. The molecule has 0 bridgehead atoms. The second-order valence-electron chi connectivity index (χ2n) is 8.85. The lowest BCUT2D eigenvalue weighted by Gasteiger charge is -2.40. The molecule has 0 aliphatic heterocycles. The van der Waals surface area contributed by atoms with E-state index in [4.69, 9.17) is 4.74 Å². The highest BCUT2D eigenvalue weighted by Crippen LogP contribution is 2.56. The normalized spacial score (nSPS) is 38.1. The molecular formula is C22H34O4. The van der Waals surface area contributed by atoms with E-state index in [9.17, 15) is 14.7 Å². The lowest BCUT2D eigenvalue weighted by molar-refractivity contribution is -0.144. The summed E-state index contributed by atoms with van der Waals surface area (Å²) in [6.45, 7) is 11.5. The Morgan fingerprint density at radius 2 is 1.92 bits per heavy atom. The molecule has 146 valence electrons. The summed E-state index contributed by atoms with van der Waals surface area (Å²) in [5.74, 6) is -0.187. The number of esters is 1. The number of carbonyl (C=O) groups excluding carboxylic acids is 2. The van der Waals surface area contributed by atoms with Crippen LogP contribution in [0.2, 0.25) is 0 Å². The van der Waals surface area contributed by atoms with Crippen molar-refractivity contribution in [2.45, 2.75) is 85.4 Å². The van der Waals surface area contributed by atoms with Crippen molar-refractivity contribution in [3.8, 4) is 0 Å². The molecule has 0 aromatic rings. The number of ether oxygens (including phenoxy) is 1. The number of rotatable bonds is 2. The minimum absolute atomic E-state index is 0.0693. The molecule has 26 heavy (non-hydrogen) atoms. The molecule has 0 unspecified atom stereocenters. The maximum absolute atomic E-state index is 12.8. The molecular weight excluding hydrogens is 328 g/mol. The summed E-state index contributed by atoms with van der Waals surface area (Å²) in [5, 5.41) is 11.4. The number of Topliss-reactive ketones (excluding diaryl/α,β-unsaturated/α-hetero) is 1. The Kier molecular flexibility index (Phi) is 6.17. The van der Waals surface area contributed by atoms with Gasteiger partial charge in [-0.15, -0.1) is 0 Å². The first kappa shape index (κ1) is 20.9. The lowest BCUT2D eigenvalue weighted by Crippen LogP contribution is -2.44. The zero-order valence-corrected chi connectivity index (χ0v) is 17.1. The van der Waals surface area contributed by atoms with Crippen LogP contribution in [0.4, 0.5) is 0 Å². The van der Waals surface area contributed by atoms with Crippen molar-refractivity contribution in [3.63, 3.8) is 0 Å². The van der Waals surface area contributed by atoms with Crippen molar-refractivity contribution < 1.29 is 19.4 Å². The third kappa shape index (κ3) is 4.11. The molecule has 2 aliphatic carbocycles. The van der Waals surface area contributed by atoms with Gasteiger partial charge in [0.15, 0.2) is 5.78 Å². The van der Waals surface area contributed by atoms with Crippen molar-refractivity contribution in [2.75, 3.05) is 0 Å². The summed E-state index contributed by atoms with van der Waals surface area (Å²) in [4.78, 5) is 24.3. The lowest BCUT2D eigenvalue weighted by atomic mass is 9.67. The molecule has 4 nitrogen and oxygen atoms in total. The third-order valence-corrected chi connectivity index (χ3v) is 6.71. The van der Waals surface area contributed by atoms with Crippen molar-refractivity contribution >= 4 is 11.8 Å². The van der Waals surface area contributed by atoms with Gasteiger partial charge in [-0.3, -0.25) is 9.59 Å². The number of carbonyl (C=O) groups is 2. The fourth-order valence-corrected chi connectivity index (χ4v) is 4.59. The van der Waals surface area contributed by atoms with E-state index in [2.05, 4.69) is 13.0 Å². The molecule has 0 radical (unpaired) electrons. The second-order valence-corrected chi connectivity index (χ2v) is 8.85. The molecule has 0 aromatic carbocycles. The summed E-state index contributed by atoms with van der Waals surface area (Å²) in [6, 6.07) is 0. The van der Waals surface area contributed by atoms with Gasteiger partial charge in [-0.25, -0.2) is 0 Å². The summed E-state index contributed by atoms with van der Waals surface area (Å²) in [7, 11) is 0. The first-order chi connectivity index (χ1) is 12.0. The van der Waals surface area contributed by atoms with Crippen LogP contribution in [0, 0.1) is 17.3 Å². The fraction of sp³-hybridized carbons (Fsp3) is 0.727. The molecule has 0 spiro atoms. The van der Waals surface area contributed by atoms with Crippen LogP contribution in [-0.4, -0.2) is 28.6 Å². The second kappa shape index (κ2) is 7.67. The van der Waals surface area contributed by atoms with Gasteiger partial charge in [0.2, 0.25) is 0 Å². The molecule has 0 heterocycles. The largest absolute Gasteiger partial charge is 0.458 e. The standard InChI is InChI=1S/C22H34O4/c1-14(2)22(25)12-11-21(6)10-9-16(4)19(26-17(5)23)8-7-15(3)18(24)13-20(21)22/h7,9,14,19-20,25H,8,10-13H2,1-6H3/b15-7-,16-9?/t19-,20+,21-,22+/m0/s1. The Balaban J connectivity index is 2.45. The molecule has 4 heteroatoms. The highest BCUT2D eigenvalue weighted by atomic mass is 16.5. The predicted octanol–water partition coefficient (Wildman–Crippen LogP) is 4.37. The van der Waals surface area contributed by atoms with Gasteiger partial charge >= 0.3 is 5.97 Å². The van der Waals surface area contributed by atoms with E-state index in [0.29, 0.717) is 18.4 Å². The van der Waals surface area contributed by atoms with Gasteiger partial charge in [0.05, 0.1) is 5.60 Å². The Bertz CT molecular complexity index is 630. The number of ketones is 1. The van der Waals surface area contributed by atoms with Crippen LogP contribution in [0.25, 0.3) is 0 Å². The molecule has 1 saturated carbocycles. The van der Waals surface area contributed by atoms with E-state index in [1.807, 2.05) is 33.8 Å². The Morgan fingerprint density at radius 3 is 2.50 bits per heavy atom. The summed E-state index contributed by atoms with van der Waals surface area (Å²) >= 11 is 0. The van der Waals surface area contributed by atoms with Gasteiger partial charge in [-0.1, -0.05) is 32.9 Å². The van der Waals surface area contributed by atoms with Crippen LogP contribution in [0.15, 0.2) is 23.3 Å².